The van der Waals surface area contributed by atoms with Crippen molar-refractivity contribution in [1.82, 2.24) is 35.0 Å². The van der Waals surface area contributed by atoms with Crippen LogP contribution in [0.25, 0.3) is 0 Å². The van der Waals surface area contributed by atoms with Gasteiger partial charge in [-0.25, -0.2) is 13.2 Å². The Morgan fingerprint density at radius 2 is 1.42 bits per heavy atom. The maximum Gasteiger partial charge on any atom is 0.415 e. The summed E-state index contributed by atoms with van der Waals surface area (Å²) in [6, 6.07) is 2.46. The molecule has 1 saturated carbocycles. The number of ether oxygens (including phenoxy) is 3. The second-order valence-corrected chi connectivity index (χ2v) is 22.5. The van der Waals surface area contributed by atoms with Gasteiger partial charge in [0.05, 0.1) is 53.8 Å². The SMILES string of the molecule is CC[C@H](C)[C@@H](C(CC(=O)N1CCC[C@H]1[C@H](OC)[C@@H](C)C(=O)N[C@@H](Cc1ccc(OC(=O)N2CCC(C(=O)O)CC2)cc1)C(=O)NS(=O)(=O)C1CC1)OC)N(C)C(=O)[C@@H](NC(=O)[C@H](C(C)C)N(C)C)C(C)C. The molecule has 1 aromatic rings. The smallest absolute Gasteiger partial charge is 0.415 e. The number of methoxy groups -OCH3 is 2. The molecule has 0 aromatic heterocycles. The van der Waals surface area contributed by atoms with Crippen LogP contribution in [-0.2, 0) is 54.7 Å². The van der Waals surface area contributed by atoms with Gasteiger partial charge in [-0.1, -0.05) is 67.0 Å². The van der Waals surface area contributed by atoms with E-state index in [9.17, 15) is 47.1 Å². The number of carboxylic acid groups (broad SMARTS) is 1. The molecule has 0 bridgehead atoms. The fourth-order valence-corrected chi connectivity index (χ4v) is 11.3. The number of nitrogens with one attached hydrogen (secondary N) is 3. The molecule has 0 spiro atoms. The Balaban J connectivity index is 1.49. The highest BCUT2D eigenvalue weighted by Gasteiger charge is 2.44. The van der Waals surface area contributed by atoms with E-state index < -0.39 is 93.4 Å². The third kappa shape index (κ3) is 15.6. The van der Waals surface area contributed by atoms with Crippen LogP contribution in [0.2, 0.25) is 0 Å². The van der Waals surface area contributed by atoms with Crippen molar-refractivity contribution in [2.24, 2.45) is 29.6 Å². The second kappa shape index (κ2) is 26.2. The van der Waals surface area contributed by atoms with E-state index in [1.807, 2.05) is 60.5 Å². The number of nitrogens with zero attached hydrogens (tertiary/aromatic N) is 4. The number of carbonyl (C=O) groups excluding carboxylic acids is 6. The highest BCUT2D eigenvalue weighted by molar-refractivity contribution is 7.90. The van der Waals surface area contributed by atoms with Crippen LogP contribution >= 0.6 is 0 Å². The molecule has 71 heavy (non-hydrogen) atoms. The first kappa shape index (κ1) is 58.7. The van der Waals surface area contributed by atoms with E-state index in [4.69, 9.17) is 14.2 Å². The number of piperidine rings is 1. The van der Waals surface area contributed by atoms with E-state index in [2.05, 4.69) is 15.4 Å². The summed E-state index contributed by atoms with van der Waals surface area (Å²) in [6.07, 6.45) is 0.811. The van der Waals surface area contributed by atoms with Crippen LogP contribution in [0.5, 0.6) is 5.75 Å². The summed E-state index contributed by atoms with van der Waals surface area (Å²) >= 11 is 0. The molecule has 4 rings (SSSR count). The molecular formula is C50H81N7O13S. The Morgan fingerprint density at radius 3 is 1.93 bits per heavy atom. The summed E-state index contributed by atoms with van der Waals surface area (Å²) < 4.78 is 45.5. The lowest BCUT2D eigenvalue weighted by Gasteiger charge is -2.41. The normalized spacial score (nSPS) is 20.1. The fourth-order valence-electron chi connectivity index (χ4n) is 10.0. The van der Waals surface area contributed by atoms with Gasteiger partial charge in [0.25, 0.3) is 5.91 Å². The zero-order chi connectivity index (χ0) is 53.1. The molecule has 2 saturated heterocycles. The molecule has 9 atom stereocenters. The van der Waals surface area contributed by atoms with E-state index in [0.29, 0.717) is 57.1 Å². The molecule has 21 heteroatoms. The number of likely N-dealkylation sites (tertiary alicyclic amines) is 2. The highest BCUT2D eigenvalue weighted by Crippen LogP contribution is 2.31. The van der Waals surface area contributed by atoms with Gasteiger partial charge >= 0.3 is 12.1 Å². The first-order valence-electron chi connectivity index (χ1n) is 25.1. The van der Waals surface area contributed by atoms with Crippen LogP contribution < -0.4 is 20.1 Å². The number of benzene rings is 1. The molecule has 1 aliphatic carbocycles. The lowest BCUT2D eigenvalue weighted by atomic mass is 9.89. The van der Waals surface area contributed by atoms with Gasteiger partial charge in [-0.3, -0.25) is 38.4 Å². The molecule has 0 radical (unpaired) electrons. The fraction of sp³-hybridized carbons (Fsp3) is 0.740. The summed E-state index contributed by atoms with van der Waals surface area (Å²) in [7, 11) is 4.29. The molecule has 2 aliphatic heterocycles. The molecule has 4 N–H and O–H groups in total. The van der Waals surface area contributed by atoms with Crippen molar-refractivity contribution in [1.29, 1.82) is 0 Å². The number of likely N-dealkylation sites (N-methyl/N-ethyl adjacent to an activating group) is 2. The molecule has 6 amide bonds. The van der Waals surface area contributed by atoms with E-state index in [1.54, 1.807) is 35.9 Å². The minimum atomic E-state index is -3.99. The van der Waals surface area contributed by atoms with Crippen LogP contribution in [-0.4, -0.2) is 177 Å². The van der Waals surface area contributed by atoms with E-state index >= 15 is 0 Å². The minimum Gasteiger partial charge on any atom is -0.481 e. The van der Waals surface area contributed by atoms with Gasteiger partial charge in [-0.15, -0.1) is 0 Å². The molecule has 20 nitrogen and oxygen atoms in total. The standard InChI is InChI=1S/C50H81N7O13S/c1-13-31(6)43(55(10)48(62)41(29(2)3)52-47(61)42(30(4)5)54(8)9)39(68-11)28-40(58)57-24-14-15-38(57)44(69-12)32(7)45(59)51-37(46(60)53-71(66,67)36-20-21-36)27-33-16-18-35(19-17-33)70-50(65)56-25-22-34(23-26-56)49(63)64/h16-19,29-32,34,36-39,41-44H,13-15,20-28H2,1-12H3,(H,51,59)(H,52,61)(H,53,60)(H,63,64)/t31-,32+,37-,38-,39?,41-,42-,43-,44+/m0/s1. The van der Waals surface area contributed by atoms with Gasteiger partial charge in [0.15, 0.2) is 0 Å². The molecular weight excluding hydrogens is 939 g/mol. The summed E-state index contributed by atoms with van der Waals surface area (Å²) in [6.45, 7) is 14.1. The molecule has 1 unspecified atom stereocenters. The summed E-state index contributed by atoms with van der Waals surface area (Å²) in [5, 5.41) is 14.4. The lowest BCUT2D eigenvalue weighted by molar-refractivity contribution is -0.148. The van der Waals surface area contributed by atoms with E-state index in [0.717, 1.165) is 0 Å². The van der Waals surface area contributed by atoms with E-state index in [1.165, 1.54) is 31.3 Å². The third-order valence-electron chi connectivity index (χ3n) is 14.5. The number of hydrogen-bond acceptors (Lipinski definition) is 13. The molecule has 3 fully saturated rings. The lowest BCUT2D eigenvalue weighted by Crippen LogP contribution is -2.59. The Morgan fingerprint density at radius 1 is 0.803 bits per heavy atom. The summed E-state index contributed by atoms with van der Waals surface area (Å²) in [4.78, 5) is 101. The van der Waals surface area contributed by atoms with Crippen molar-refractivity contribution in [2.75, 3.05) is 55.0 Å². The van der Waals surface area contributed by atoms with Gasteiger partial charge in [-0.05, 0) is 88.1 Å². The number of sulfonamides is 1. The molecule has 2 heterocycles. The maximum atomic E-state index is 14.5. The van der Waals surface area contributed by atoms with Crippen molar-refractivity contribution >= 4 is 51.6 Å². The first-order valence-corrected chi connectivity index (χ1v) is 26.6. The van der Waals surface area contributed by atoms with Crippen molar-refractivity contribution in [3.05, 3.63) is 29.8 Å². The first-order chi connectivity index (χ1) is 33.4. The van der Waals surface area contributed by atoms with Crippen LogP contribution in [0.4, 0.5) is 4.79 Å². The molecule has 1 aromatic carbocycles. The average molecular weight is 1020 g/mol. The van der Waals surface area contributed by atoms with Crippen LogP contribution in [0.15, 0.2) is 24.3 Å². The highest BCUT2D eigenvalue weighted by atomic mass is 32.2. The largest absolute Gasteiger partial charge is 0.481 e. The number of amides is 6. The molecule has 400 valence electrons. The number of rotatable bonds is 25. The Hall–Kier alpha value is -4.86. The van der Waals surface area contributed by atoms with Crippen molar-refractivity contribution in [3.8, 4) is 5.75 Å². The van der Waals surface area contributed by atoms with Gasteiger partial charge < -0.3 is 44.7 Å². The number of carboxylic acids is 1. The van der Waals surface area contributed by atoms with Crippen LogP contribution in [0.1, 0.15) is 105 Å². The maximum absolute atomic E-state index is 14.5. The van der Waals surface area contributed by atoms with Crippen LogP contribution in [0, 0.1) is 29.6 Å². The Labute approximate surface area is 420 Å². The second-order valence-electron chi connectivity index (χ2n) is 20.6. The van der Waals surface area contributed by atoms with E-state index in [-0.39, 0.29) is 67.2 Å². The van der Waals surface area contributed by atoms with Crippen LogP contribution in [0.3, 0.4) is 0 Å². The molecule has 3 aliphatic rings. The van der Waals surface area contributed by atoms with Gasteiger partial charge in [0.2, 0.25) is 33.7 Å². The van der Waals surface area contributed by atoms with Gasteiger partial charge in [0, 0.05) is 47.3 Å². The summed E-state index contributed by atoms with van der Waals surface area (Å²) in [5.74, 6) is -4.86. The van der Waals surface area contributed by atoms with Crippen molar-refractivity contribution in [2.45, 2.75) is 154 Å². The minimum absolute atomic E-state index is 0.00404. The summed E-state index contributed by atoms with van der Waals surface area (Å²) in [5.41, 5.74) is 0.518. The zero-order valence-electron chi connectivity index (χ0n) is 43.8. The third-order valence-corrected chi connectivity index (χ3v) is 16.3. The average Bonchev–Trinajstić information content (AvgIpc) is 4.08. The Bertz CT molecular complexity index is 2100. The predicted octanol–water partition coefficient (Wildman–Crippen LogP) is 3.27. The quantitative estimate of drug-likeness (QED) is 0.110. The van der Waals surface area contributed by atoms with Crippen molar-refractivity contribution < 1.29 is 61.3 Å². The topological polar surface area (TPSA) is 251 Å². The Kier molecular flexibility index (Phi) is 21.7. The monoisotopic (exact) mass is 1020 g/mol. The van der Waals surface area contributed by atoms with Gasteiger partial charge in [0.1, 0.15) is 17.8 Å². The van der Waals surface area contributed by atoms with Gasteiger partial charge in [-0.2, -0.15) is 0 Å². The van der Waals surface area contributed by atoms with Crippen molar-refractivity contribution in [3.63, 3.8) is 0 Å². The number of aliphatic carboxylic acids is 1. The number of carbonyl (C=O) groups is 7. The zero-order valence-corrected chi connectivity index (χ0v) is 44.7. The number of hydrogen-bond donors (Lipinski definition) is 4. The predicted molar refractivity (Wildman–Crippen MR) is 265 cm³/mol.